The smallest absolute Gasteiger partial charge is 0.462 e. The quantitative estimate of drug-likeness (QED) is 0.0222. The van der Waals surface area contributed by atoms with Gasteiger partial charge in [-0.05, 0) is 37.5 Å². The Kier molecular flexibility index (Phi) is 64.6. The van der Waals surface area contributed by atoms with Crippen LogP contribution in [0.25, 0.3) is 0 Å². The monoisotopic (exact) mass is 1370 g/mol. The van der Waals surface area contributed by atoms with Crippen molar-refractivity contribution in [2.75, 3.05) is 39.6 Å². The summed E-state index contributed by atoms with van der Waals surface area (Å²) < 4.78 is 68.3. The van der Waals surface area contributed by atoms with Gasteiger partial charge in [0.1, 0.15) is 19.3 Å². The molecule has 0 radical (unpaired) electrons. The van der Waals surface area contributed by atoms with Crippen LogP contribution in [0.5, 0.6) is 0 Å². The molecule has 0 saturated carbocycles. The Balaban J connectivity index is 5.14. The van der Waals surface area contributed by atoms with Gasteiger partial charge in [-0.1, -0.05) is 330 Å². The van der Waals surface area contributed by atoms with Crippen molar-refractivity contribution in [2.24, 2.45) is 11.8 Å². The van der Waals surface area contributed by atoms with Crippen LogP contribution in [0.15, 0.2) is 0 Å². The van der Waals surface area contributed by atoms with Crippen LogP contribution in [-0.2, 0) is 65.4 Å². The second-order valence-corrected chi connectivity index (χ2v) is 30.3. The highest BCUT2D eigenvalue weighted by Crippen LogP contribution is 2.45. The number of hydrogen-bond donors (Lipinski definition) is 3. The zero-order chi connectivity index (χ0) is 68.6. The van der Waals surface area contributed by atoms with E-state index in [0.717, 1.165) is 115 Å². The van der Waals surface area contributed by atoms with Crippen LogP contribution in [0, 0.1) is 11.8 Å². The molecule has 0 aromatic heterocycles. The number of aliphatic hydroxyl groups excluding tert-OH is 1. The van der Waals surface area contributed by atoms with E-state index in [1.807, 2.05) is 0 Å². The average molecular weight is 1370 g/mol. The first-order valence-corrected chi connectivity index (χ1v) is 41.5. The molecule has 0 aliphatic carbocycles. The summed E-state index contributed by atoms with van der Waals surface area (Å²) in [4.78, 5) is 72.5. The summed E-state index contributed by atoms with van der Waals surface area (Å²) in [7, 11) is -9.90. The topological polar surface area (TPSA) is 237 Å². The van der Waals surface area contributed by atoms with Gasteiger partial charge in [-0.15, -0.1) is 0 Å². The number of esters is 4. The van der Waals surface area contributed by atoms with Gasteiger partial charge in [-0.3, -0.25) is 37.3 Å². The predicted molar refractivity (Wildman–Crippen MR) is 377 cm³/mol. The van der Waals surface area contributed by atoms with Crippen LogP contribution >= 0.6 is 15.6 Å². The van der Waals surface area contributed by atoms with Crippen molar-refractivity contribution in [3.63, 3.8) is 0 Å². The first kappa shape index (κ1) is 91.1. The van der Waals surface area contributed by atoms with Gasteiger partial charge in [-0.25, -0.2) is 9.13 Å². The number of phosphoric acid groups is 2. The Morgan fingerprint density at radius 2 is 0.548 bits per heavy atom. The summed E-state index contributed by atoms with van der Waals surface area (Å²) >= 11 is 0. The van der Waals surface area contributed by atoms with Gasteiger partial charge in [0.05, 0.1) is 26.4 Å². The molecule has 3 N–H and O–H groups in total. The van der Waals surface area contributed by atoms with Gasteiger partial charge >= 0.3 is 39.5 Å². The SMILES string of the molecule is CCCCCCCCCCCCCC(=O)O[C@H](COC(=O)CCCCCCCCC)COP(=O)(O)OC[C@H](O)COP(=O)(O)OC[C@@H](COC(=O)CCCCCCCCCCCCC(C)C)OC(=O)CCCCCCCCCCCCCCCCCCCCC(C)CC. The van der Waals surface area contributed by atoms with E-state index in [1.54, 1.807) is 0 Å². The summed E-state index contributed by atoms with van der Waals surface area (Å²) in [6.45, 7) is 9.59. The molecule has 19 heteroatoms. The van der Waals surface area contributed by atoms with E-state index in [0.29, 0.717) is 25.7 Å². The molecule has 0 heterocycles. The molecule has 0 aromatic rings. The Morgan fingerprint density at radius 3 is 0.817 bits per heavy atom. The van der Waals surface area contributed by atoms with Crippen LogP contribution in [0.3, 0.4) is 0 Å². The highest BCUT2D eigenvalue weighted by molar-refractivity contribution is 7.47. The normalized spacial score (nSPS) is 14.3. The Hall–Kier alpha value is -1.94. The summed E-state index contributed by atoms with van der Waals surface area (Å²) in [6, 6.07) is 0. The lowest BCUT2D eigenvalue weighted by molar-refractivity contribution is -0.161. The average Bonchev–Trinajstić information content (AvgIpc) is 1.38. The molecule has 0 spiro atoms. The van der Waals surface area contributed by atoms with Crippen molar-refractivity contribution in [1.82, 2.24) is 0 Å². The van der Waals surface area contributed by atoms with Crippen molar-refractivity contribution >= 4 is 39.5 Å². The van der Waals surface area contributed by atoms with E-state index in [2.05, 4.69) is 41.5 Å². The molecule has 0 rings (SSSR count). The predicted octanol–water partition coefficient (Wildman–Crippen LogP) is 21.6. The van der Waals surface area contributed by atoms with E-state index in [1.165, 1.54) is 186 Å². The Morgan fingerprint density at radius 1 is 0.312 bits per heavy atom. The van der Waals surface area contributed by atoms with Crippen LogP contribution in [0.2, 0.25) is 0 Å². The largest absolute Gasteiger partial charge is 0.472 e. The second-order valence-electron chi connectivity index (χ2n) is 27.4. The Labute approximate surface area is 568 Å². The van der Waals surface area contributed by atoms with Gasteiger partial charge in [0.25, 0.3) is 0 Å². The first-order valence-electron chi connectivity index (χ1n) is 38.5. The highest BCUT2D eigenvalue weighted by Gasteiger charge is 2.30. The summed E-state index contributed by atoms with van der Waals surface area (Å²) in [6.07, 6.45) is 52.9. The number of rotatable bonds is 73. The number of carbonyl (C=O) groups is 4. The van der Waals surface area contributed by atoms with Crippen molar-refractivity contribution in [3.05, 3.63) is 0 Å². The fraction of sp³-hybridized carbons (Fsp3) is 0.946. The first-order chi connectivity index (χ1) is 44.9. The van der Waals surface area contributed by atoms with Gasteiger partial charge in [0.2, 0.25) is 0 Å². The molecule has 552 valence electrons. The number of ether oxygens (including phenoxy) is 4. The maximum Gasteiger partial charge on any atom is 0.472 e. The molecule has 6 atom stereocenters. The summed E-state index contributed by atoms with van der Waals surface area (Å²) in [5.41, 5.74) is 0. The fourth-order valence-electron chi connectivity index (χ4n) is 11.3. The van der Waals surface area contributed by atoms with E-state index in [9.17, 15) is 43.2 Å². The number of phosphoric ester groups is 2. The third-order valence-electron chi connectivity index (χ3n) is 17.6. The fourth-order valence-corrected chi connectivity index (χ4v) is 12.8. The molecule has 0 aliphatic heterocycles. The minimum absolute atomic E-state index is 0.107. The maximum atomic E-state index is 13.1. The molecule has 93 heavy (non-hydrogen) atoms. The van der Waals surface area contributed by atoms with Crippen molar-refractivity contribution in [3.8, 4) is 0 Å². The van der Waals surface area contributed by atoms with Gasteiger partial charge in [0, 0.05) is 25.7 Å². The zero-order valence-corrected chi connectivity index (χ0v) is 62.3. The summed E-state index contributed by atoms with van der Waals surface area (Å²) in [5, 5.41) is 10.6. The number of carbonyl (C=O) groups excluding carboxylic acids is 4. The van der Waals surface area contributed by atoms with Gasteiger partial charge in [-0.2, -0.15) is 0 Å². The number of aliphatic hydroxyl groups is 1. The van der Waals surface area contributed by atoms with Gasteiger partial charge in [0.15, 0.2) is 12.2 Å². The lowest BCUT2D eigenvalue weighted by atomic mass is 9.99. The molecule has 0 fully saturated rings. The standard InChI is InChI=1S/C74H144O17P2/c1-7-10-12-14-16-17-26-34-40-46-52-58-73(78)90-69(62-84-71(76)56-50-44-36-15-13-11-8-2)64-88-92(80,81)86-60-68(75)61-87-93(82,83)89-65-70(63-85-72(77)57-51-45-39-33-30-29-31-37-42-48-54-66(4)5)91-74(79)59-53-47-41-35-28-25-23-21-19-18-20-22-24-27-32-38-43-49-55-67(6)9-3/h66-70,75H,7-65H2,1-6H3,(H,80,81)(H,82,83)/t67?,68-,69+,70+/m0/s1. The number of unbranched alkanes of at least 4 members (excludes halogenated alkanes) is 42. The minimum atomic E-state index is -4.95. The number of hydrogen-bond acceptors (Lipinski definition) is 15. The van der Waals surface area contributed by atoms with Crippen LogP contribution in [0.4, 0.5) is 0 Å². The lowest BCUT2D eigenvalue weighted by Gasteiger charge is -2.21. The second kappa shape index (κ2) is 66.0. The van der Waals surface area contributed by atoms with Crippen LogP contribution in [-0.4, -0.2) is 96.7 Å². The van der Waals surface area contributed by atoms with Crippen molar-refractivity contribution in [2.45, 2.75) is 400 Å². The van der Waals surface area contributed by atoms with E-state index >= 15 is 0 Å². The van der Waals surface area contributed by atoms with Gasteiger partial charge < -0.3 is 33.8 Å². The van der Waals surface area contributed by atoms with Crippen LogP contribution in [0.1, 0.15) is 382 Å². The van der Waals surface area contributed by atoms with E-state index in [4.69, 9.17) is 37.0 Å². The minimum Gasteiger partial charge on any atom is -0.462 e. The third-order valence-corrected chi connectivity index (χ3v) is 19.5. The molecule has 0 aliphatic rings. The van der Waals surface area contributed by atoms with Crippen molar-refractivity contribution < 1.29 is 80.2 Å². The Bertz CT molecular complexity index is 1810. The maximum absolute atomic E-state index is 13.1. The molecule has 3 unspecified atom stereocenters. The third kappa shape index (κ3) is 67.0. The lowest BCUT2D eigenvalue weighted by Crippen LogP contribution is -2.30. The van der Waals surface area contributed by atoms with E-state index < -0.39 is 97.5 Å². The molecular weight excluding hydrogens is 1220 g/mol. The molecule has 0 aromatic carbocycles. The summed E-state index contributed by atoms with van der Waals surface area (Å²) in [5.74, 6) is -0.494. The molecule has 0 amide bonds. The molecule has 0 bridgehead atoms. The molecular formula is C74H144O17P2. The zero-order valence-electron chi connectivity index (χ0n) is 60.6. The van der Waals surface area contributed by atoms with E-state index in [-0.39, 0.29) is 25.7 Å². The van der Waals surface area contributed by atoms with Crippen molar-refractivity contribution in [1.29, 1.82) is 0 Å². The molecule has 0 saturated heterocycles. The van der Waals surface area contributed by atoms with Crippen LogP contribution < -0.4 is 0 Å². The highest BCUT2D eigenvalue weighted by atomic mass is 31.2. The molecule has 17 nitrogen and oxygen atoms in total.